The third-order valence-electron chi connectivity index (χ3n) is 4.59. The molecule has 7 nitrogen and oxygen atoms in total. The minimum absolute atomic E-state index is 0.0980. The molecule has 3 aromatic heterocycles. The summed E-state index contributed by atoms with van der Waals surface area (Å²) in [5.74, 6) is 0.0595. The molecule has 0 saturated carbocycles. The maximum atomic E-state index is 14.0. The van der Waals surface area contributed by atoms with Crippen molar-refractivity contribution in [3.8, 4) is 17.3 Å². The molecule has 0 fully saturated rings. The SMILES string of the molecule is C[C@@H](Nc1ncnc(N)c1C#N)c1cnc2ccc(F)cc2c1-c1ccccn1. The van der Waals surface area contributed by atoms with Gasteiger partial charge in [0.05, 0.1) is 17.3 Å². The number of nitrogens with zero attached hydrogens (tertiary/aromatic N) is 5. The number of nitriles is 1. The molecule has 1 aromatic carbocycles. The monoisotopic (exact) mass is 385 g/mol. The molecular weight excluding hydrogens is 369 g/mol. The third kappa shape index (κ3) is 3.41. The molecule has 0 unspecified atom stereocenters. The molecule has 3 N–H and O–H groups in total. The van der Waals surface area contributed by atoms with Gasteiger partial charge in [-0.15, -0.1) is 0 Å². The van der Waals surface area contributed by atoms with Gasteiger partial charge in [-0.2, -0.15) is 5.26 Å². The molecule has 0 saturated heterocycles. The second-order valence-electron chi connectivity index (χ2n) is 6.43. The first-order valence-corrected chi connectivity index (χ1v) is 8.85. The summed E-state index contributed by atoms with van der Waals surface area (Å²) in [4.78, 5) is 16.9. The average molecular weight is 385 g/mol. The van der Waals surface area contributed by atoms with Crippen molar-refractivity contribution in [2.45, 2.75) is 13.0 Å². The number of aromatic nitrogens is 4. The topological polar surface area (TPSA) is 113 Å². The van der Waals surface area contributed by atoms with E-state index in [0.29, 0.717) is 22.4 Å². The van der Waals surface area contributed by atoms with Crippen LogP contribution in [-0.2, 0) is 0 Å². The predicted molar refractivity (Wildman–Crippen MR) is 108 cm³/mol. The number of hydrogen-bond donors (Lipinski definition) is 2. The first kappa shape index (κ1) is 18.3. The number of pyridine rings is 2. The van der Waals surface area contributed by atoms with E-state index in [0.717, 1.165) is 11.1 Å². The fourth-order valence-electron chi connectivity index (χ4n) is 3.21. The molecule has 0 bridgehead atoms. The fraction of sp³-hybridized carbons (Fsp3) is 0.0952. The second-order valence-corrected chi connectivity index (χ2v) is 6.43. The summed E-state index contributed by atoms with van der Waals surface area (Å²) in [7, 11) is 0. The zero-order chi connectivity index (χ0) is 20.4. The first-order chi connectivity index (χ1) is 14.1. The fourth-order valence-corrected chi connectivity index (χ4v) is 3.21. The van der Waals surface area contributed by atoms with Crippen molar-refractivity contribution in [1.29, 1.82) is 5.26 Å². The summed E-state index contributed by atoms with van der Waals surface area (Å²) in [6, 6.07) is 11.7. The van der Waals surface area contributed by atoms with Crippen molar-refractivity contribution in [3.05, 3.63) is 72.1 Å². The zero-order valence-electron chi connectivity index (χ0n) is 15.5. The van der Waals surface area contributed by atoms with Crippen LogP contribution >= 0.6 is 0 Å². The molecule has 0 aliphatic carbocycles. The van der Waals surface area contributed by atoms with Crippen LogP contribution in [0.25, 0.3) is 22.2 Å². The molecule has 29 heavy (non-hydrogen) atoms. The summed E-state index contributed by atoms with van der Waals surface area (Å²) < 4.78 is 14.0. The average Bonchev–Trinajstić information content (AvgIpc) is 2.73. The normalized spacial score (nSPS) is 11.8. The smallest absolute Gasteiger partial charge is 0.150 e. The van der Waals surface area contributed by atoms with Crippen LogP contribution in [0, 0.1) is 17.1 Å². The number of rotatable bonds is 4. The van der Waals surface area contributed by atoms with E-state index in [2.05, 4.69) is 25.3 Å². The van der Waals surface area contributed by atoms with Crippen molar-refractivity contribution < 1.29 is 4.39 Å². The van der Waals surface area contributed by atoms with Crippen molar-refractivity contribution in [2.75, 3.05) is 11.1 Å². The number of nitrogen functional groups attached to an aromatic ring is 1. The molecule has 0 aliphatic heterocycles. The Balaban J connectivity index is 1.88. The Morgan fingerprint density at radius 2 is 2.00 bits per heavy atom. The summed E-state index contributed by atoms with van der Waals surface area (Å²) in [6.07, 6.45) is 4.69. The van der Waals surface area contributed by atoms with Crippen LogP contribution in [0.4, 0.5) is 16.0 Å². The number of halogens is 1. The third-order valence-corrected chi connectivity index (χ3v) is 4.59. The van der Waals surface area contributed by atoms with E-state index in [1.165, 1.54) is 18.5 Å². The van der Waals surface area contributed by atoms with Crippen LogP contribution in [0.15, 0.2) is 55.1 Å². The molecule has 1 atom stereocenters. The number of benzene rings is 1. The van der Waals surface area contributed by atoms with E-state index in [1.54, 1.807) is 18.5 Å². The van der Waals surface area contributed by atoms with Gasteiger partial charge >= 0.3 is 0 Å². The second kappa shape index (κ2) is 7.48. The number of nitrogens with two attached hydrogens (primary N) is 1. The molecule has 142 valence electrons. The number of nitrogens with one attached hydrogen (secondary N) is 1. The minimum Gasteiger partial charge on any atom is -0.382 e. The highest BCUT2D eigenvalue weighted by molar-refractivity contribution is 5.95. The lowest BCUT2D eigenvalue weighted by Crippen LogP contribution is -2.13. The molecule has 0 amide bonds. The van der Waals surface area contributed by atoms with Crippen LogP contribution in [0.1, 0.15) is 24.1 Å². The molecule has 3 heterocycles. The van der Waals surface area contributed by atoms with Gasteiger partial charge in [0.25, 0.3) is 0 Å². The standard InChI is InChI=1S/C21H16FN7/c1-12(29-21-15(9-23)20(24)27-11-28-21)16-10-26-17-6-5-13(22)8-14(17)19(16)18-4-2-3-7-25-18/h2-8,10-12H,1H3,(H3,24,27,28,29)/t12-/m1/s1. The predicted octanol–water partition coefficient (Wildman–Crippen LogP) is 3.85. The molecule has 0 aliphatic rings. The maximum Gasteiger partial charge on any atom is 0.150 e. The maximum absolute atomic E-state index is 14.0. The van der Waals surface area contributed by atoms with Crippen LogP contribution in [0.3, 0.4) is 0 Å². The Labute approximate surface area is 166 Å². The van der Waals surface area contributed by atoms with E-state index >= 15 is 0 Å². The Bertz CT molecular complexity index is 1240. The van der Waals surface area contributed by atoms with Gasteiger partial charge in [-0.05, 0) is 37.3 Å². The zero-order valence-corrected chi connectivity index (χ0v) is 15.5. The number of fused-ring (bicyclic) bond motifs is 1. The Kier molecular flexibility index (Phi) is 4.71. The summed E-state index contributed by atoms with van der Waals surface area (Å²) in [5.41, 5.74) is 8.84. The molecular formula is C21H16FN7. The van der Waals surface area contributed by atoms with Gasteiger partial charge in [-0.25, -0.2) is 14.4 Å². The quantitative estimate of drug-likeness (QED) is 0.548. The van der Waals surface area contributed by atoms with E-state index in [-0.39, 0.29) is 23.2 Å². The first-order valence-electron chi connectivity index (χ1n) is 8.85. The molecule has 8 heteroatoms. The largest absolute Gasteiger partial charge is 0.382 e. The van der Waals surface area contributed by atoms with Crippen molar-refractivity contribution >= 4 is 22.5 Å². The van der Waals surface area contributed by atoms with Gasteiger partial charge in [0, 0.05) is 28.9 Å². The van der Waals surface area contributed by atoms with Crippen LogP contribution < -0.4 is 11.1 Å². The highest BCUT2D eigenvalue weighted by Gasteiger charge is 2.19. The van der Waals surface area contributed by atoms with Crippen LogP contribution in [0.5, 0.6) is 0 Å². The Morgan fingerprint density at radius 1 is 1.14 bits per heavy atom. The van der Waals surface area contributed by atoms with E-state index in [4.69, 9.17) is 5.73 Å². The van der Waals surface area contributed by atoms with E-state index in [9.17, 15) is 9.65 Å². The summed E-state index contributed by atoms with van der Waals surface area (Å²) >= 11 is 0. The molecule has 0 radical (unpaired) electrons. The van der Waals surface area contributed by atoms with Gasteiger partial charge in [-0.1, -0.05) is 6.07 Å². The lowest BCUT2D eigenvalue weighted by Gasteiger charge is -2.20. The van der Waals surface area contributed by atoms with Crippen LogP contribution in [0.2, 0.25) is 0 Å². The van der Waals surface area contributed by atoms with E-state index in [1.807, 2.05) is 31.2 Å². The number of hydrogen-bond acceptors (Lipinski definition) is 7. The molecule has 4 aromatic rings. The van der Waals surface area contributed by atoms with Crippen LogP contribution in [-0.4, -0.2) is 19.9 Å². The van der Waals surface area contributed by atoms with Gasteiger partial charge in [0.15, 0.2) is 0 Å². The highest BCUT2D eigenvalue weighted by Crippen LogP contribution is 2.35. The Morgan fingerprint density at radius 3 is 2.76 bits per heavy atom. The van der Waals surface area contributed by atoms with Crippen molar-refractivity contribution in [3.63, 3.8) is 0 Å². The van der Waals surface area contributed by atoms with Gasteiger partial charge < -0.3 is 11.1 Å². The summed E-state index contributed by atoms with van der Waals surface area (Å²) in [5, 5.41) is 13.2. The van der Waals surface area contributed by atoms with Gasteiger partial charge in [0.1, 0.15) is 35.4 Å². The van der Waals surface area contributed by atoms with Crippen molar-refractivity contribution in [1.82, 2.24) is 19.9 Å². The number of anilines is 2. The summed E-state index contributed by atoms with van der Waals surface area (Å²) in [6.45, 7) is 1.90. The molecule has 4 rings (SSSR count). The lowest BCUT2D eigenvalue weighted by atomic mass is 9.96. The van der Waals surface area contributed by atoms with Gasteiger partial charge in [-0.3, -0.25) is 9.97 Å². The van der Waals surface area contributed by atoms with Gasteiger partial charge in [0.2, 0.25) is 0 Å². The lowest BCUT2D eigenvalue weighted by molar-refractivity contribution is 0.629. The van der Waals surface area contributed by atoms with E-state index < -0.39 is 0 Å². The highest BCUT2D eigenvalue weighted by atomic mass is 19.1. The minimum atomic E-state index is -0.357. The molecule has 0 spiro atoms. The Hall–Kier alpha value is -4.12. The van der Waals surface area contributed by atoms with Crippen molar-refractivity contribution in [2.24, 2.45) is 0 Å².